The predicted octanol–water partition coefficient (Wildman–Crippen LogP) is 2.34. The number of ketones is 2. The summed E-state index contributed by atoms with van der Waals surface area (Å²) in [5, 5.41) is 0. The maximum Gasteiger partial charge on any atom is 0.173 e. The molecular formula is C19H25NO4. The van der Waals surface area contributed by atoms with Crippen molar-refractivity contribution in [1.29, 1.82) is 0 Å². The van der Waals surface area contributed by atoms with Crippen LogP contribution in [-0.4, -0.2) is 55.4 Å². The lowest BCUT2D eigenvalue weighted by atomic mass is 9.84. The van der Waals surface area contributed by atoms with Crippen molar-refractivity contribution in [3.05, 3.63) is 29.8 Å². The van der Waals surface area contributed by atoms with Gasteiger partial charge in [-0.25, -0.2) is 0 Å². The molecule has 24 heavy (non-hydrogen) atoms. The molecule has 0 bridgehead atoms. The highest BCUT2D eigenvalue weighted by molar-refractivity contribution is 6.01. The fourth-order valence-electron chi connectivity index (χ4n) is 3.46. The van der Waals surface area contributed by atoms with E-state index >= 15 is 0 Å². The van der Waals surface area contributed by atoms with E-state index in [1.165, 1.54) is 0 Å². The van der Waals surface area contributed by atoms with Gasteiger partial charge in [0, 0.05) is 26.1 Å². The SMILES string of the molecule is CC(=O)CCC1C(=O)c2ccccc2OC1CCN1CCOCC1. The van der Waals surface area contributed by atoms with Crippen LogP contribution in [0.1, 0.15) is 36.5 Å². The van der Waals surface area contributed by atoms with Crippen LogP contribution in [0.4, 0.5) is 0 Å². The van der Waals surface area contributed by atoms with Gasteiger partial charge < -0.3 is 14.3 Å². The average molecular weight is 331 g/mol. The molecule has 1 aromatic rings. The smallest absolute Gasteiger partial charge is 0.173 e. The number of morpholine rings is 1. The molecule has 1 fully saturated rings. The number of hydrogen-bond donors (Lipinski definition) is 0. The number of rotatable bonds is 6. The minimum Gasteiger partial charge on any atom is -0.489 e. The van der Waals surface area contributed by atoms with Crippen molar-refractivity contribution in [1.82, 2.24) is 4.90 Å². The van der Waals surface area contributed by atoms with E-state index in [2.05, 4.69) is 4.90 Å². The maximum atomic E-state index is 12.9. The monoisotopic (exact) mass is 331 g/mol. The van der Waals surface area contributed by atoms with E-state index in [-0.39, 0.29) is 23.6 Å². The number of carbonyl (C=O) groups is 2. The van der Waals surface area contributed by atoms with Crippen molar-refractivity contribution >= 4 is 11.6 Å². The molecular weight excluding hydrogens is 306 g/mol. The van der Waals surface area contributed by atoms with Crippen molar-refractivity contribution in [2.24, 2.45) is 5.92 Å². The molecule has 2 heterocycles. The largest absolute Gasteiger partial charge is 0.489 e. The minimum absolute atomic E-state index is 0.116. The molecule has 2 aliphatic heterocycles. The number of carbonyl (C=O) groups excluding carboxylic acids is 2. The maximum absolute atomic E-state index is 12.9. The fourth-order valence-corrected chi connectivity index (χ4v) is 3.46. The standard InChI is InChI=1S/C19H25NO4/c1-14(21)6-7-16-18(8-9-20-10-12-23-13-11-20)24-17-5-3-2-4-15(17)19(16)22/h2-5,16,18H,6-13H2,1H3. The van der Waals surface area contributed by atoms with Crippen molar-refractivity contribution in [3.63, 3.8) is 0 Å². The molecule has 0 N–H and O–H groups in total. The third-order valence-corrected chi connectivity index (χ3v) is 4.86. The van der Waals surface area contributed by atoms with Gasteiger partial charge >= 0.3 is 0 Å². The summed E-state index contributed by atoms with van der Waals surface area (Å²) >= 11 is 0. The topological polar surface area (TPSA) is 55.8 Å². The molecule has 1 aromatic carbocycles. The van der Waals surface area contributed by atoms with E-state index in [1.807, 2.05) is 24.3 Å². The zero-order valence-electron chi connectivity index (χ0n) is 14.2. The average Bonchev–Trinajstić information content (AvgIpc) is 2.60. The third kappa shape index (κ3) is 4.02. The number of Topliss-reactive ketones (excluding diaryl/α,β-unsaturated/α-hetero) is 2. The van der Waals surface area contributed by atoms with Crippen LogP contribution in [0.15, 0.2) is 24.3 Å². The number of nitrogens with zero attached hydrogens (tertiary/aromatic N) is 1. The van der Waals surface area contributed by atoms with Crippen LogP contribution >= 0.6 is 0 Å². The lowest BCUT2D eigenvalue weighted by Gasteiger charge is -2.34. The molecule has 0 radical (unpaired) electrons. The van der Waals surface area contributed by atoms with Gasteiger partial charge in [0.1, 0.15) is 17.6 Å². The van der Waals surface area contributed by atoms with Gasteiger partial charge in [0.25, 0.3) is 0 Å². The fraction of sp³-hybridized carbons (Fsp3) is 0.579. The van der Waals surface area contributed by atoms with E-state index in [0.717, 1.165) is 39.3 Å². The highest BCUT2D eigenvalue weighted by Gasteiger charge is 2.36. The van der Waals surface area contributed by atoms with Gasteiger partial charge in [-0.1, -0.05) is 12.1 Å². The Morgan fingerprint density at radius 3 is 2.71 bits per heavy atom. The zero-order valence-corrected chi connectivity index (χ0v) is 14.2. The molecule has 5 nitrogen and oxygen atoms in total. The normalized spacial score (nSPS) is 24.3. The van der Waals surface area contributed by atoms with Crippen LogP contribution in [0.2, 0.25) is 0 Å². The van der Waals surface area contributed by atoms with Crippen molar-refractivity contribution in [2.45, 2.75) is 32.3 Å². The molecule has 0 spiro atoms. The van der Waals surface area contributed by atoms with Gasteiger partial charge in [-0.2, -0.15) is 0 Å². The van der Waals surface area contributed by atoms with Gasteiger partial charge in [0.2, 0.25) is 0 Å². The highest BCUT2D eigenvalue weighted by Crippen LogP contribution is 2.34. The van der Waals surface area contributed by atoms with E-state index in [0.29, 0.717) is 24.2 Å². The molecule has 0 saturated carbocycles. The minimum atomic E-state index is -0.232. The summed E-state index contributed by atoms with van der Waals surface area (Å²) in [4.78, 5) is 26.6. The second-order valence-electron chi connectivity index (χ2n) is 6.61. The number of ether oxygens (including phenoxy) is 2. The van der Waals surface area contributed by atoms with Gasteiger partial charge in [-0.05, 0) is 31.9 Å². The van der Waals surface area contributed by atoms with E-state index in [9.17, 15) is 9.59 Å². The Morgan fingerprint density at radius 2 is 1.96 bits per heavy atom. The number of para-hydroxylation sites is 1. The summed E-state index contributed by atoms with van der Waals surface area (Å²) in [6.07, 6.45) is 1.63. The second-order valence-corrected chi connectivity index (χ2v) is 6.61. The summed E-state index contributed by atoms with van der Waals surface area (Å²) in [6, 6.07) is 7.42. The summed E-state index contributed by atoms with van der Waals surface area (Å²) in [7, 11) is 0. The first-order chi connectivity index (χ1) is 11.6. The highest BCUT2D eigenvalue weighted by atomic mass is 16.5. The molecule has 0 aromatic heterocycles. The first-order valence-corrected chi connectivity index (χ1v) is 8.74. The van der Waals surface area contributed by atoms with Crippen molar-refractivity contribution in [2.75, 3.05) is 32.8 Å². The summed E-state index contributed by atoms with van der Waals surface area (Å²) in [5.41, 5.74) is 0.647. The van der Waals surface area contributed by atoms with Crippen molar-refractivity contribution < 1.29 is 19.1 Å². The van der Waals surface area contributed by atoms with Crippen LogP contribution < -0.4 is 4.74 Å². The van der Waals surface area contributed by atoms with Gasteiger partial charge in [0.05, 0.1) is 24.7 Å². The molecule has 2 aliphatic rings. The molecule has 3 rings (SSSR count). The third-order valence-electron chi connectivity index (χ3n) is 4.86. The zero-order chi connectivity index (χ0) is 16.9. The Labute approximate surface area is 142 Å². The predicted molar refractivity (Wildman–Crippen MR) is 90.5 cm³/mol. The molecule has 0 aliphatic carbocycles. The second kappa shape index (κ2) is 7.90. The van der Waals surface area contributed by atoms with Crippen LogP contribution in [0.25, 0.3) is 0 Å². The Bertz CT molecular complexity index is 595. The quantitative estimate of drug-likeness (QED) is 0.801. The van der Waals surface area contributed by atoms with Crippen LogP contribution in [0.3, 0.4) is 0 Å². The molecule has 1 saturated heterocycles. The summed E-state index contributed by atoms with van der Waals surface area (Å²) in [6.45, 7) is 5.84. The van der Waals surface area contributed by atoms with E-state index in [1.54, 1.807) is 6.92 Å². The number of benzene rings is 1. The molecule has 2 atom stereocenters. The van der Waals surface area contributed by atoms with E-state index < -0.39 is 0 Å². The first kappa shape index (κ1) is 17.1. The number of hydrogen-bond acceptors (Lipinski definition) is 5. The molecule has 130 valence electrons. The van der Waals surface area contributed by atoms with Gasteiger partial charge in [-0.3, -0.25) is 9.69 Å². The summed E-state index contributed by atoms with van der Waals surface area (Å²) < 4.78 is 11.5. The van der Waals surface area contributed by atoms with Crippen molar-refractivity contribution in [3.8, 4) is 5.75 Å². The number of fused-ring (bicyclic) bond motifs is 1. The van der Waals surface area contributed by atoms with E-state index in [4.69, 9.17) is 9.47 Å². The van der Waals surface area contributed by atoms with Gasteiger partial charge in [0.15, 0.2) is 5.78 Å². The Hall–Kier alpha value is -1.72. The van der Waals surface area contributed by atoms with Crippen LogP contribution in [0.5, 0.6) is 5.75 Å². The molecule has 2 unspecified atom stereocenters. The van der Waals surface area contributed by atoms with Crippen LogP contribution in [-0.2, 0) is 9.53 Å². The lowest BCUT2D eigenvalue weighted by Crippen LogP contribution is -2.43. The Kier molecular flexibility index (Phi) is 5.63. The Balaban J connectivity index is 1.70. The van der Waals surface area contributed by atoms with Crippen LogP contribution in [0, 0.1) is 5.92 Å². The lowest BCUT2D eigenvalue weighted by molar-refractivity contribution is -0.117. The molecule has 0 amide bonds. The Morgan fingerprint density at radius 1 is 1.21 bits per heavy atom. The van der Waals surface area contributed by atoms with Gasteiger partial charge in [-0.15, -0.1) is 0 Å². The molecule has 5 heteroatoms. The summed E-state index contributed by atoms with van der Waals surface area (Å²) in [5.74, 6) is 0.678. The first-order valence-electron chi connectivity index (χ1n) is 8.74.